The van der Waals surface area contributed by atoms with Crippen LogP contribution in [0, 0.1) is 5.41 Å². The number of carbonyl (C=O) groups excluding carboxylic acids is 1. The SMILES string of the molecule is CCNC(=NCC(=O)Nc1ccc(O)cc1)NC1CC(C)(OC)C1(C)C. The van der Waals surface area contributed by atoms with Crippen molar-refractivity contribution in [1.29, 1.82) is 0 Å². The highest BCUT2D eigenvalue weighted by atomic mass is 16.5. The molecule has 2 unspecified atom stereocenters. The van der Waals surface area contributed by atoms with Crippen molar-refractivity contribution in [2.75, 3.05) is 25.5 Å². The van der Waals surface area contributed by atoms with Gasteiger partial charge in [-0.15, -0.1) is 0 Å². The summed E-state index contributed by atoms with van der Waals surface area (Å²) in [5.74, 6) is 0.554. The van der Waals surface area contributed by atoms with Crippen LogP contribution in [0.5, 0.6) is 5.75 Å². The first kappa shape index (κ1) is 20.0. The van der Waals surface area contributed by atoms with Crippen molar-refractivity contribution in [2.24, 2.45) is 10.4 Å². The molecule has 7 heteroatoms. The van der Waals surface area contributed by atoms with Crippen LogP contribution in [0.25, 0.3) is 0 Å². The van der Waals surface area contributed by atoms with Crippen molar-refractivity contribution in [3.63, 3.8) is 0 Å². The maximum Gasteiger partial charge on any atom is 0.246 e. The second-order valence-electron chi connectivity index (χ2n) is 7.35. The van der Waals surface area contributed by atoms with E-state index >= 15 is 0 Å². The van der Waals surface area contributed by atoms with Crippen LogP contribution in [0.2, 0.25) is 0 Å². The van der Waals surface area contributed by atoms with Crippen LogP contribution in [0.3, 0.4) is 0 Å². The van der Waals surface area contributed by atoms with Crippen LogP contribution in [0.1, 0.15) is 34.1 Å². The summed E-state index contributed by atoms with van der Waals surface area (Å²) >= 11 is 0. The minimum atomic E-state index is -0.220. The van der Waals surface area contributed by atoms with Crippen molar-refractivity contribution in [3.8, 4) is 5.75 Å². The van der Waals surface area contributed by atoms with Gasteiger partial charge in [0, 0.05) is 30.8 Å². The van der Waals surface area contributed by atoms with Gasteiger partial charge in [-0.2, -0.15) is 0 Å². The van der Waals surface area contributed by atoms with E-state index in [1.54, 1.807) is 19.2 Å². The maximum absolute atomic E-state index is 12.1. The number of aliphatic imine (C=N–C) groups is 1. The Balaban J connectivity index is 1.94. The largest absolute Gasteiger partial charge is 0.508 e. The molecular formula is C19H30N4O3. The van der Waals surface area contributed by atoms with E-state index in [1.165, 1.54) is 12.1 Å². The summed E-state index contributed by atoms with van der Waals surface area (Å²) in [7, 11) is 1.74. The molecule has 7 nitrogen and oxygen atoms in total. The number of anilines is 1. The first-order valence-electron chi connectivity index (χ1n) is 8.90. The predicted molar refractivity (Wildman–Crippen MR) is 103 cm³/mol. The Morgan fingerprint density at radius 3 is 2.50 bits per heavy atom. The molecule has 0 spiro atoms. The summed E-state index contributed by atoms with van der Waals surface area (Å²) in [5, 5.41) is 18.6. The molecule has 2 atom stereocenters. The molecule has 1 fully saturated rings. The fraction of sp³-hybridized carbons (Fsp3) is 0.579. The van der Waals surface area contributed by atoms with Gasteiger partial charge in [0.15, 0.2) is 5.96 Å². The third-order valence-electron chi connectivity index (χ3n) is 5.47. The van der Waals surface area contributed by atoms with Gasteiger partial charge in [0.1, 0.15) is 12.3 Å². The van der Waals surface area contributed by atoms with Gasteiger partial charge in [-0.3, -0.25) is 4.79 Å². The highest BCUT2D eigenvalue weighted by molar-refractivity contribution is 5.94. The lowest BCUT2D eigenvalue weighted by molar-refractivity contribution is -0.176. The molecule has 0 aromatic heterocycles. The molecule has 1 aliphatic rings. The fourth-order valence-electron chi connectivity index (χ4n) is 3.10. The Labute approximate surface area is 155 Å². The standard InChI is InChI=1S/C19H30N4O3/c1-6-20-17(23-15-11-19(4,26-5)18(15,2)3)21-12-16(25)22-13-7-9-14(24)10-8-13/h7-10,15,24H,6,11-12H2,1-5H3,(H,22,25)(H2,20,21,23). The molecule has 1 saturated carbocycles. The second-order valence-corrected chi connectivity index (χ2v) is 7.35. The Hall–Kier alpha value is -2.28. The lowest BCUT2D eigenvalue weighted by Gasteiger charge is -2.59. The van der Waals surface area contributed by atoms with Crippen molar-refractivity contribution in [3.05, 3.63) is 24.3 Å². The number of nitrogens with zero attached hydrogens (tertiary/aromatic N) is 1. The molecule has 1 amide bonds. The molecule has 144 valence electrons. The average Bonchev–Trinajstić information content (AvgIpc) is 2.61. The topological polar surface area (TPSA) is 95.0 Å². The summed E-state index contributed by atoms with van der Waals surface area (Å²) in [6.45, 7) is 9.14. The summed E-state index contributed by atoms with van der Waals surface area (Å²) in [4.78, 5) is 16.5. The van der Waals surface area contributed by atoms with E-state index in [0.717, 1.165) is 6.42 Å². The number of guanidine groups is 1. The van der Waals surface area contributed by atoms with Crippen LogP contribution in [0.4, 0.5) is 5.69 Å². The number of phenols is 1. The van der Waals surface area contributed by atoms with E-state index in [2.05, 4.69) is 41.7 Å². The highest BCUT2D eigenvalue weighted by Gasteiger charge is 2.58. The van der Waals surface area contributed by atoms with E-state index in [9.17, 15) is 9.90 Å². The fourth-order valence-corrected chi connectivity index (χ4v) is 3.10. The molecule has 0 saturated heterocycles. The molecule has 1 aliphatic carbocycles. The maximum atomic E-state index is 12.1. The number of phenolic OH excluding ortho intramolecular Hbond substituents is 1. The van der Waals surface area contributed by atoms with Gasteiger partial charge in [0.25, 0.3) is 0 Å². The number of hydrogen-bond acceptors (Lipinski definition) is 4. The molecule has 0 radical (unpaired) electrons. The van der Waals surface area contributed by atoms with E-state index in [-0.39, 0.29) is 35.3 Å². The third kappa shape index (κ3) is 4.27. The smallest absolute Gasteiger partial charge is 0.246 e. The van der Waals surface area contributed by atoms with Crippen molar-refractivity contribution >= 4 is 17.6 Å². The number of amides is 1. The Morgan fingerprint density at radius 2 is 1.96 bits per heavy atom. The molecule has 26 heavy (non-hydrogen) atoms. The third-order valence-corrected chi connectivity index (χ3v) is 5.47. The number of hydrogen-bond donors (Lipinski definition) is 4. The number of carbonyl (C=O) groups is 1. The normalized spacial score (nSPS) is 24.5. The van der Waals surface area contributed by atoms with E-state index in [1.807, 2.05) is 6.92 Å². The zero-order chi connectivity index (χ0) is 19.4. The van der Waals surface area contributed by atoms with Gasteiger partial charge in [-0.1, -0.05) is 13.8 Å². The van der Waals surface area contributed by atoms with Gasteiger partial charge < -0.3 is 25.8 Å². The van der Waals surface area contributed by atoms with Crippen molar-refractivity contribution < 1.29 is 14.6 Å². The Kier molecular flexibility index (Phi) is 6.13. The molecule has 0 aliphatic heterocycles. The van der Waals surface area contributed by atoms with E-state index in [4.69, 9.17) is 4.74 Å². The van der Waals surface area contributed by atoms with Gasteiger partial charge in [-0.05, 0) is 44.5 Å². The van der Waals surface area contributed by atoms with Crippen molar-refractivity contribution in [2.45, 2.75) is 45.8 Å². The molecule has 1 aromatic carbocycles. The quantitative estimate of drug-likeness (QED) is 0.353. The van der Waals surface area contributed by atoms with Crippen LogP contribution < -0.4 is 16.0 Å². The molecular weight excluding hydrogens is 332 g/mol. The zero-order valence-corrected chi connectivity index (χ0v) is 16.2. The van der Waals surface area contributed by atoms with Crippen molar-refractivity contribution in [1.82, 2.24) is 10.6 Å². The number of benzene rings is 1. The van der Waals surface area contributed by atoms with Crippen LogP contribution in [-0.4, -0.2) is 48.8 Å². The van der Waals surface area contributed by atoms with Gasteiger partial charge in [0.05, 0.1) is 5.60 Å². The number of rotatable bonds is 6. The number of nitrogens with one attached hydrogen (secondary N) is 3. The van der Waals surface area contributed by atoms with Crippen LogP contribution >= 0.6 is 0 Å². The summed E-state index contributed by atoms with van der Waals surface area (Å²) < 4.78 is 5.65. The van der Waals surface area contributed by atoms with Gasteiger partial charge in [-0.25, -0.2) is 4.99 Å². The minimum Gasteiger partial charge on any atom is -0.508 e. The van der Waals surface area contributed by atoms with E-state index in [0.29, 0.717) is 18.2 Å². The molecule has 4 N–H and O–H groups in total. The first-order chi connectivity index (χ1) is 12.2. The lowest BCUT2D eigenvalue weighted by Crippen LogP contribution is -2.69. The van der Waals surface area contributed by atoms with E-state index < -0.39 is 0 Å². The summed E-state index contributed by atoms with van der Waals surface area (Å²) in [6.07, 6.45) is 0.876. The first-order valence-corrected chi connectivity index (χ1v) is 8.90. The van der Waals surface area contributed by atoms with Crippen LogP contribution in [0.15, 0.2) is 29.3 Å². The van der Waals surface area contributed by atoms with Crippen LogP contribution in [-0.2, 0) is 9.53 Å². The average molecular weight is 362 g/mol. The minimum absolute atomic E-state index is 0.00487. The number of ether oxygens (including phenoxy) is 1. The number of aromatic hydroxyl groups is 1. The van der Waals surface area contributed by atoms with Gasteiger partial charge in [0.2, 0.25) is 5.91 Å². The molecule has 0 bridgehead atoms. The summed E-state index contributed by atoms with van der Waals surface area (Å²) in [6, 6.07) is 6.54. The molecule has 0 heterocycles. The lowest BCUT2D eigenvalue weighted by atomic mass is 9.56. The Bertz CT molecular complexity index is 657. The highest BCUT2D eigenvalue weighted by Crippen LogP contribution is 2.51. The summed E-state index contributed by atoms with van der Waals surface area (Å²) in [5.41, 5.74) is 0.404. The molecule has 1 aromatic rings. The van der Waals surface area contributed by atoms with Gasteiger partial charge >= 0.3 is 0 Å². The monoisotopic (exact) mass is 362 g/mol. The Morgan fingerprint density at radius 1 is 1.31 bits per heavy atom. The predicted octanol–water partition coefficient (Wildman–Crippen LogP) is 2.09. The molecule has 2 rings (SSSR count). The number of methoxy groups -OCH3 is 1. The zero-order valence-electron chi connectivity index (χ0n) is 16.2. The second kappa shape index (κ2) is 7.95.